The second-order valence-electron chi connectivity index (χ2n) is 6.00. The molecule has 0 fully saturated rings. The molecule has 0 amide bonds. The molecule has 0 aliphatic rings. The van der Waals surface area contributed by atoms with E-state index in [-0.39, 0.29) is 0 Å². The van der Waals surface area contributed by atoms with Crippen LogP contribution in [0.4, 0.5) is 0 Å². The van der Waals surface area contributed by atoms with Crippen molar-refractivity contribution >= 4 is 16.7 Å². The molecular weight excluding hydrogens is 320 g/mol. The van der Waals surface area contributed by atoms with Gasteiger partial charge in [-0.05, 0) is 43.5 Å². The van der Waals surface area contributed by atoms with Crippen molar-refractivity contribution in [1.82, 2.24) is 0 Å². The number of carbonyl (C=O) groups is 1. The average Bonchev–Trinajstić information content (AvgIpc) is 2.57. The van der Waals surface area contributed by atoms with Gasteiger partial charge in [-0.2, -0.15) is 0 Å². The summed E-state index contributed by atoms with van der Waals surface area (Å²) in [5.74, 6) is 1.35. The number of fused-ring (bicyclic) bond motifs is 1. The van der Waals surface area contributed by atoms with Crippen molar-refractivity contribution in [3.8, 4) is 23.0 Å². The minimum atomic E-state index is -0.417. The van der Waals surface area contributed by atoms with E-state index in [4.69, 9.17) is 18.9 Å². The van der Waals surface area contributed by atoms with Crippen LogP contribution >= 0.6 is 0 Å². The van der Waals surface area contributed by atoms with Crippen LogP contribution < -0.4 is 18.9 Å². The molecule has 25 heavy (non-hydrogen) atoms. The average molecular weight is 346 g/mol. The highest BCUT2D eigenvalue weighted by atomic mass is 16.6. The maximum atomic E-state index is 11.6. The molecule has 0 N–H and O–H groups in total. The number of rotatable bonds is 7. The Labute approximate surface area is 148 Å². The van der Waals surface area contributed by atoms with Gasteiger partial charge in [0.25, 0.3) is 0 Å². The van der Waals surface area contributed by atoms with E-state index in [9.17, 15) is 4.79 Å². The fourth-order valence-electron chi connectivity index (χ4n) is 2.72. The third kappa shape index (κ3) is 3.81. The van der Waals surface area contributed by atoms with Gasteiger partial charge < -0.3 is 18.9 Å². The molecule has 0 aliphatic heterocycles. The van der Waals surface area contributed by atoms with E-state index in [0.29, 0.717) is 29.6 Å². The first kappa shape index (κ1) is 18.9. The Morgan fingerprint density at radius 2 is 1.44 bits per heavy atom. The van der Waals surface area contributed by atoms with E-state index >= 15 is 0 Å². The Bertz CT molecular complexity index is 780. The zero-order chi connectivity index (χ0) is 18.6. The number of ether oxygens (including phenoxy) is 4. The lowest BCUT2D eigenvalue weighted by Gasteiger charge is -2.20. The van der Waals surface area contributed by atoms with E-state index < -0.39 is 5.97 Å². The molecule has 0 radical (unpaired) electrons. The van der Waals surface area contributed by atoms with Gasteiger partial charge in [0, 0.05) is 17.7 Å². The van der Waals surface area contributed by atoms with Gasteiger partial charge in [-0.1, -0.05) is 13.3 Å². The number of methoxy groups -OCH3 is 2. The second-order valence-corrected chi connectivity index (χ2v) is 6.00. The normalized spacial score (nSPS) is 10.6. The molecular formula is C20H26O5. The van der Waals surface area contributed by atoms with Crippen molar-refractivity contribution in [2.45, 2.75) is 40.5 Å². The zero-order valence-corrected chi connectivity index (χ0v) is 15.8. The lowest BCUT2D eigenvalue weighted by atomic mass is 10.00. The van der Waals surface area contributed by atoms with Crippen molar-refractivity contribution in [3.05, 3.63) is 23.3 Å². The van der Waals surface area contributed by atoms with Gasteiger partial charge in [0.2, 0.25) is 11.5 Å². The third-order valence-electron chi connectivity index (χ3n) is 4.14. The summed E-state index contributed by atoms with van der Waals surface area (Å²) in [5, 5.41) is 1.61. The number of carbonyl (C=O) groups excluding carboxylic acids is 1. The second kappa shape index (κ2) is 8.10. The van der Waals surface area contributed by atoms with Gasteiger partial charge in [0.1, 0.15) is 0 Å². The molecule has 5 nitrogen and oxygen atoms in total. The van der Waals surface area contributed by atoms with E-state index in [1.54, 1.807) is 7.11 Å². The van der Waals surface area contributed by atoms with Crippen LogP contribution in [0.5, 0.6) is 23.0 Å². The summed E-state index contributed by atoms with van der Waals surface area (Å²) in [6.45, 7) is 8.10. The van der Waals surface area contributed by atoms with Gasteiger partial charge in [-0.3, -0.25) is 4.79 Å². The molecule has 0 saturated carbocycles. The number of aryl methyl sites for hydroxylation is 2. The lowest BCUT2D eigenvalue weighted by molar-refractivity contribution is -0.131. The molecule has 0 aromatic heterocycles. The minimum absolute atomic E-state index is 0.354. The van der Waals surface area contributed by atoms with Gasteiger partial charge in [-0.15, -0.1) is 0 Å². The van der Waals surface area contributed by atoms with Crippen LogP contribution in [0.2, 0.25) is 0 Å². The van der Waals surface area contributed by atoms with Crippen molar-refractivity contribution in [3.63, 3.8) is 0 Å². The molecule has 0 aliphatic carbocycles. The highest BCUT2D eigenvalue weighted by Gasteiger charge is 2.25. The maximum Gasteiger partial charge on any atom is 0.308 e. The van der Waals surface area contributed by atoms with Crippen molar-refractivity contribution in [2.24, 2.45) is 0 Å². The zero-order valence-electron chi connectivity index (χ0n) is 15.8. The van der Waals surface area contributed by atoms with Gasteiger partial charge >= 0.3 is 5.97 Å². The summed E-state index contributed by atoms with van der Waals surface area (Å²) in [6, 6.07) is 4.01. The van der Waals surface area contributed by atoms with Crippen LogP contribution in [0.3, 0.4) is 0 Å². The quantitative estimate of drug-likeness (QED) is 0.417. The summed E-state index contributed by atoms with van der Waals surface area (Å²) >= 11 is 0. The van der Waals surface area contributed by atoms with E-state index in [2.05, 4.69) is 6.92 Å². The first-order valence-corrected chi connectivity index (χ1v) is 8.44. The van der Waals surface area contributed by atoms with Gasteiger partial charge in [-0.25, -0.2) is 0 Å². The van der Waals surface area contributed by atoms with Crippen molar-refractivity contribution in [2.75, 3.05) is 20.8 Å². The molecule has 0 atom stereocenters. The van der Waals surface area contributed by atoms with E-state index in [0.717, 1.165) is 34.7 Å². The Morgan fingerprint density at radius 3 is 1.92 bits per heavy atom. The fourth-order valence-corrected chi connectivity index (χ4v) is 2.72. The highest BCUT2D eigenvalue weighted by Crippen LogP contribution is 2.51. The molecule has 0 unspecified atom stereocenters. The molecule has 0 spiro atoms. The molecule has 2 rings (SSSR count). The third-order valence-corrected chi connectivity index (χ3v) is 4.14. The number of esters is 1. The van der Waals surface area contributed by atoms with Crippen LogP contribution in [-0.2, 0) is 4.79 Å². The summed E-state index contributed by atoms with van der Waals surface area (Å²) in [7, 11) is 3.07. The maximum absolute atomic E-state index is 11.6. The predicted octanol–water partition coefficient (Wildman–Crippen LogP) is 4.58. The summed E-state index contributed by atoms with van der Waals surface area (Å²) in [4.78, 5) is 11.6. The van der Waals surface area contributed by atoms with Crippen LogP contribution in [-0.4, -0.2) is 26.8 Å². The topological polar surface area (TPSA) is 54.0 Å². The Kier molecular flexibility index (Phi) is 6.12. The molecule has 0 heterocycles. The van der Waals surface area contributed by atoms with E-state index in [1.807, 2.05) is 26.0 Å². The minimum Gasteiger partial charge on any atom is -0.490 e. The molecule has 2 aromatic rings. The molecule has 0 bridgehead atoms. The number of hydrogen-bond acceptors (Lipinski definition) is 5. The molecule has 2 aromatic carbocycles. The smallest absolute Gasteiger partial charge is 0.308 e. The monoisotopic (exact) mass is 346 g/mol. The van der Waals surface area contributed by atoms with Crippen molar-refractivity contribution in [1.29, 1.82) is 0 Å². The Balaban J connectivity index is 2.83. The fraction of sp³-hybridized carbons (Fsp3) is 0.450. The molecule has 136 valence electrons. The lowest BCUT2D eigenvalue weighted by Crippen LogP contribution is -2.07. The highest BCUT2D eigenvalue weighted by molar-refractivity contribution is 6.00. The Morgan fingerprint density at radius 1 is 0.920 bits per heavy atom. The predicted molar refractivity (Wildman–Crippen MR) is 98.2 cm³/mol. The number of benzene rings is 2. The number of unbranched alkanes of at least 4 members (excludes halogenated alkanes) is 1. The van der Waals surface area contributed by atoms with Gasteiger partial charge in [0.15, 0.2) is 11.5 Å². The number of hydrogen-bond donors (Lipinski definition) is 0. The SMILES string of the molecule is CCCCOc1c(OC)c(OC)c(OC(C)=O)c2cc(C)c(C)cc12. The Hall–Kier alpha value is -2.43. The van der Waals surface area contributed by atoms with Crippen LogP contribution in [0.25, 0.3) is 10.8 Å². The van der Waals surface area contributed by atoms with Crippen LogP contribution in [0, 0.1) is 13.8 Å². The van der Waals surface area contributed by atoms with Crippen molar-refractivity contribution < 1.29 is 23.7 Å². The molecule has 5 heteroatoms. The van der Waals surface area contributed by atoms with Crippen LogP contribution in [0.15, 0.2) is 12.1 Å². The first-order valence-electron chi connectivity index (χ1n) is 8.44. The summed E-state index contributed by atoms with van der Waals surface area (Å²) < 4.78 is 22.6. The van der Waals surface area contributed by atoms with E-state index in [1.165, 1.54) is 14.0 Å². The summed E-state index contributed by atoms with van der Waals surface area (Å²) in [6.07, 6.45) is 1.96. The van der Waals surface area contributed by atoms with Gasteiger partial charge in [0.05, 0.1) is 20.8 Å². The van der Waals surface area contributed by atoms with Crippen LogP contribution in [0.1, 0.15) is 37.8 Å². The first-order chi connectivity index (χ1) is 11.9. The summed E-state index contributed by atoms with van der Waals surface area (Å²) in [5.41, 5.74) is 2.21. The standard InChI is InChI=1S/C20H26O5/c1-7-8-9-24-17-15-10-12(2)13(3)11-16(15)18(25-14(4)21)20(23-6)19(17)22-5/h10-11H,7-9H2,1-6H3. The largest absolute Gasteiger partial charge is 0.490 e. The molecule has 0 saturated heterocycles.